The maximum atomic E-state index is 4.21. The van der Waals surface area contributed by atoms with Crippen LogP contribution in [0.3, 0.4) is 0 Å². The van der Waals surface area contributed by atoms with Crippen LogP contribution in [-0.4, -0.2) is 0 Å². The minimum atomic E-state index is 0.822. The minimum absolute atomic E-state index is 0.822. The molecule has 0 N–H and O–H groups in total. The lowest BCUT2D eigenvalue weighted by Gasteiger charge is -2.10. The molecule has 0 radical (unpaired) electrons. The molecule has 0 nitrogen and oxygen atoms in total. The zero-order valence-electron chi connectivity index (χ0n) is 12.0. The molecule has 1 saturated carbocycles. The van der Waals surface area contributed by atoms with E-state index < -0.39 is 0 Å². The first kappa shape index (κ1) is 12.5. The molecule has 3 aliphatic rings. The second-order valence-corrected chi connectivity index (χ2v) is 5.53. The van der Waals surface area contributed by atoms with Crippen LogP contribution in [-0.2, 0) is 6.42 Å². The molecule has 2 atom stereocenters. The SMILES string of the molecule is C=Cc1cc2c(c3c1C(=C)CC3)=CC1CC1C=2.CC. The smallest absolute Gasteiger partial charge is 0.0119 e. The monoisotopic (exact) mass is 250 g/mol. The van der Waals surface area contributed by atoms with Crippen molar-refractivity contribution in [3.8, 4) is 0 Å². The van der Waals surface area contributed by atoms with Crippen LogP contribution in [0.15, 0.2) is 19.2 Å². The van der Waals surface area contributed by atoms with E-state index >= 15 is 0 Å². The van der Waals surface area contributed by atoms with Crippen molar-refractivity contribution in [1.82, 2.24) is 0 Å². The number of benzene rings is 1. The minimum Gasteiger partial charge on any atom is -0.0984 e. The van der Waals surface area contributed by atoms with E-state index in [1.54, 1.807) is 0 Å². The molecule has 4 rings (SSSR count). The molecule has 19 heavy (non-hydrogen) atoms. The van der Waals surface area contributed by atoms with Gasteiger partial charge < -0.3 is 0 Å². The predicted molar refractivity (Wildman–Crippen MR) is 85.0 cm³/mol. The number of allylic oxidation sites excluding steroid dienone is 1. The van der Waals surface area contributed by atoms with E-state index in [2.05, 4.69) is 31.4 Å². The van der Waals surface area contributed by atoms with Crippen LogP contribution in [0.1, 0.15) is 43.4 Å². The summed E-state index contributed by atoms with van der Waals surface area (Å²) in [7, 11) is 0. The van der Waals surface area contributed by atoms with E-state index in [-0.39, 0.29) is 0 Å². The van der Waals surface area contributed by atoms with Crippen LogP contribution in [0.25, 0.3) is 23.8 Å². The summed E-state index contributed by atoms with van der Waals surface area (Å²) < 4.78 is 0. The third kappa shape index (κ3) is 1.82. The Morgan fingerprint density at radius 3 is 2.63 bits per heavy atom. The first-order valence-electron chi connectivity index (χ1n) is 7.48. The van der Waals surface area contributed by atoms with Gasteiger partial charge in [0.2, 0.25) is 0 Å². The molecule has 0 heteroatoms. The summed E-state index contributed by atoms with van der Waals surface area (Å²) in [5, 5.41) is 2.94. The average molecular weight is 250 g/mol. The van der Waals surface area contributed by atoms with E-state index in [0.717, 1.165) is 18.3 Å². The Labute approximate surface area is 115 Å². The first-order chi connectivity index (χ1) is 9.28. The normalized spacial score (nSPS) is 24.8. The molecule has 0 spiro atoms. The van der Waals surface area contributed by atoms with Gasteiger partial charge in [-0.15, -0.1) is 0 Å². The Bertz CT molecular complexity index is 673. The first-order valence-corrected chi connectivity index (χ1v) is 7.48. The number of rotatable bonds is 1. The topological polar surface area (TPSA) is 0 Å². The van der Waals surface area contributed by atoms with Crippen LogP contribution >= 0.6 is 0 Å². The molecular formula is C19H22. The standard InChI is InChI=1S/C17H16.C2H6/c1-3-11-6-14-8-12-7-13(12)9-16(14)15-5-4-10(2)17(11)15;1-2/h3,6,8-9,12-13H,1-2,4-5,7H2;1-2H3. The number of hydrogen-bond donors (Lipinski definition) is 0. The van der Waals surface area contributed by atoms with Crippen molar-refractivity contribution in [3.63, 3.8) is 0 Å². The molecule has 0 aromatic heterocycles. The molecule has 0 heterocycles. The molecule has 1 fully saturated rings. The van der Waals surface area contributed by atoms with Crippen molar-refractivity contribution in [2.45, 2.75) is 33.1 Å². The third-order valence-electron chi connectivity index (χ3n) is 4.45. The largest absolute Gasteiger partial charge is 0.0984 e. The van der Waals surface area contributed by atoms with Crippen molar-refractivity contribution < 1.29 is 0 Å². The Balaban J connectivity index is 0.000000528. The van der Waals surface area contributed by atoms with E-state index in [1.807, 2.05) is 19.9 Å². The average Bonchev–Trinajstić information content (AvgIpc) is 3.11. The van der Waals surface area contributed by atoms with Crippen LogP contribution in [0.4, 0.5) is 0 Å². The molecule has 0 bridgehead atoms. The van der Waals surface area contributed by atoms with Gasteiger partial charge in [-0.25, -0.2) is 0 Å². The fourth-order valence-corrected chi connectivity index (χ4v) is 3.44. The fourth-order valence-electron chi connectivity index (χ4n) is 3.44. The molecule has 0 amide bonds. The van der Waals surface area contributed by atoms with E-state index in [0.29, 0.717) is 0 Å². The highest BCUT2D eigenvalue weighted by molar-refractivity contribution is 5.79. The van der Waals surface area contributed by atoms with Crippen molar-refractivity contribution >= 4 is 23.8 Å². The summed E-state index contributed by atoms with van der Waals surface area (Å²) in [6.45, 7) is 12.2. The molecule has 2 unspecified atom stereocenters. The fraction of sp³-hybridized carbons (Fsp3) is 0.368. The maximum absolute atomic E-state index is 4.21. The Kier molecular flexibility index (Phi) is 2.97. The molecule has 1 aromatic rings. The zero-order valence-corrected chi connectivity index (χ0v) is 12.0. The van der Waals surface area contributed by atoms with Gasteiger partial charge in [-0.1, -0.05) is 45.2 Å². The van der Waals surface area contributed by atoms with Crippen molar-refractivity contribution in [1.29, 1.82) is 0 Å². The zero-order chi connectivity index (χ0) is 13.6. The van der Waals surface area contributed by atoms with Gasteiger partial charge in [0.1, 0.15) is 0 Å². The highest BCUT2D eigenvalue weighted by Gasteiger charge is 2.35. The van der Waals surface area contributed by atoms with Crippen LogP contribution in [0, 0.1) is 11.8 Å². The maximum Gasteiger partial charge on any atom is -0.0119 e. The molecule has 0 aliphatic heterocycles. The summed E-state index contributed by atoms with van der Waals surface area (Å²) in [4.78, 5) is 0. The number of hydrogen-bond acceptors (Lipinski definition) is 0. The second kappa shape index (κ2) is 4.52. The van der Waals surface area contributed by atoms with Crippen LogP contribution in [0.5, 0.6) is 0 Å². The lowest BCUT2D eigenvalue weighted by molar-refractivity contribution is 1.03. The quantitative estimate of drug-likeness (QED) is 0.715. The lowest BCUT2D eigenvalue weighted by Crippen LogP contribution is -2.31. The predicted octanol–water partition coefficient (Wildman–Crippen LogP) is 3.53. The Hall–Kier alpha value is -1.56. The van der Waals surface area contributed by atoms with Gasteiger partial charge in [-0.05, 0) is 69.9 Å². The molecule has 0 saturated heterocycles. The Morgan fingerprint density at radius 2 is 1.89 bits per heavy atom. The van der Waals surface area contributed by atoms with Gasteiger partial charge in [-0.3, -0.25) is 0 Å². The van der Waals surface area contributed by atoms with Gasteiger partial charge in [-0.2, -0.15) is 0 Å². The highest BCUT2D eigenvalue weighted by atomic mass is 14.4. The van der Waals surface area contributed by atoms with Crippen LogP contribution < -0.4 is 10.4 Å². The van der Waals surface area contributed by atoms with Gasteiger partial charge in [0.05, 0.1) is 0 Å². The van der Waals surface area contributed by atoms with E-state index in [4.69, 9.17) is 0 Å². The summed E-state index contributed by atoms with van der Waals surface area (Å²) in [5.74, 6) is 1.65. The summed E-state index contributed by atoms with van der Waals surface area (Å²) in [5.41, 5.74) is 5.50. The van der Waals surface area contributed by atoms with E-state index in [1.165, 1.54) is 45.5 Å². The van der Waals surface area contributed by atoms with Gasteiger partial charge in [0.25, 0.3) is 0 Å². The summed E-state index contributed by atoms with van der Waals surface area (Å²) in [6, 6.07) is 2.31. The van der Waals surface area contributed by atoms with Crippen molar-refractivity contribution in [2.75, 3.05) is 0 Å². The Morgan fingerprint density at radius 1 is 1.16 bits per heavy atom. The molecular weight excluding hydrogens is 228 g/mol. The highest BCUT2D eigenvalue weighted by Crippen LogP contribution is 2.42. The van der Waals surface area contributed by atoms with Crippen LogP contribution in [0.2, 0.25) is 0 Å². The molecule has 98 valence electrons. The van der Waals surface area contributed by atoms with Crippen molar-refractivity contribution in [3.05, 3.63) is 46.4 Å². The molecule has 3 aliphatic carbocycles. The van der Waals surface area contributed by atoms with Gasteiger partial charge >= 0.3 is 0 Å². The lowest BCUT2D eigenvalue weighted by atomic mass is 9.95. The van der Waals surface area contributed by atoms with Gasteiger partial charge in [0, 0.05) is 0 Å². The third-order valence-corrected chi connectivity index (χ3v) is 4.45. The number of fused-ring (bicyclic) bond motifs is 4. The summed E-state index contributed by atoms with van der Waals surface area (Å²) >= 11 is 0. The summed E-state index contributed by atoms with van der Waals surface area (Å²) in [6.07, 6.45) is 10.6. The molecule has 1 aromatic carbocycles. The second-order valence-electron chi connectivity index (χ2n) is 5.53. The van der Waals surface area contributed by atoms with Gasteiger partial charge in [0.15, 0.2) is 0 Å². The van der Waals surface area contributed by atoms with E-state index in [9.17, 15) is 0 Å². The van der Waals surface area contributed by atoms with Crippen molar-refractivity contribution in [2.24, 2.45) is 11.8 Å².